The van der Waals surface area contributed by atoms with E-state index in [1.54, 1.807) is 0 Å². The van der Waals surface area contributed by atoms with Crippen molar-refractivity contribution in [1.29, 1.82) is 0 Å². The Morgan fingerprint density at radius 2 is 2.32 bits per heavy atom. The molecule has 1 amide bonds. The normalized spacial score (nSPS) is 11.5. The highest BCUT2D eigenvalue weighted by Gasteiger charge is 2.17. The summed E-state index contributed by atoms with van der Waals surface area (Å²) in [7, 11) is 0. The minimum atomic E-state index is -0.501. The average Bonchev–Trinajstić information content (AvgIpc) is 2.83. The zero-order valence-corrected chi connectivity index (χ0v) is 12.3. The number of nitrogens with zero attached hydrogens (tertiary/aromatic N) is 1. The van der Waals surface area contributed by atoms with E-state index in [1.165, 1.54) is 11.4 Å². The van der Waals surface area contributed by atoms with Gasteiger partial charge in [-0.2, -0.15) is 0 Å². The first-order valence-corrected chi connectivity index (χ1v) is 6.70. The molecule has 3 N–H and O–H groups in total. The SMILES string of the molecule is CCCCC(CN)NC(=O)c1csc([N+](=O)[O-])c1.Cl. The van der Waals surface area contributed by atoms with E-state index in [0.717, 1.165) is 30.6 Å². The van der Waals surface area contributed by atoms with E-state index in [2.05, 4.69) is 12.2 Å². The standard InChI is InChI=1S/C11H17N3O3S.ClH/c1-2-3-4-9(6-12)13-11(15)8-5-10(14(16)17)18-7-8;/h5,7,9H,2-4,6,12H2,1H3,(H,13,15);1H. The molecule has 19 heavy (non-hydrogen) atoms. The van der Waals surface area contributed by atoms with Gasteiger partial charge in [0.25, 0.3) is 5.91 Å². The number of rotatable bonds is 7. The highest BCUT2D eigenvalue weighted by molar-refractivity contribution is 7.13. The number of hydrogen-bond acceptors (Lipinski definition) is 5. The number of nitrogens with one attached hydrogen (secondary N) is 1. The second kappa shape index (κ2) is 8.84. The molecule has 8 heteroatoms. The number of carbonyl (C=O) groups excluding carboxylic acids is 1. The van der Waals surface area contributed by atoms with E-state index >= 15 is 0 Å². The Hall–Kier alpha value is -1.18. The lowest BCUT2D eigenvalue weighted by Gasteiger charge is -2.15. The van der Waals surface area contributed by atoms with Gasteiger partial charge in [0.15, 0.2) is 0 Å². The number of nitro groups is 1. The van der Waals surface area contributed by atoms with Crippen LogP contribution in [0.2, 0.25) is 0 Å². The molecular weight excluding hydrogens is 290 g/mol. The summed E-state index contributed by atoms with van der Waals surface area (Å²) in [6, 6.07) is 1.21. The van der Waals surface area contributed by atoms with Crippen LogP contribution in [0.25, 0.3) is 0 Å². The van der Waals surface area contributed by atoms with E-state index in [1.807, 2.05) is 0 Å². The molecule has 1 aromatic rings. The Morgan fingerprint density at radius 1 is 1.63 bits per heavy atom. The summed E-state index contributed by atoms with van der Waals surface area (Å²) in [6.45, 7) is 2.44. The molecule has 108 valence electrons. The highest BCUT2D eigenvalue weighted by Crippen LogP contribution is 2.22. The molecule has 0 saturated carbocycles. The van der Waals surface area contributed by atoms with Gasteiger partial charge in [0, 0.05) is 24.0 Å². The first-order valence-electron chi connectivity index (χ1n) is 5.82. The fourth-order valence-electron chi connectivity index (χ4n) is 1.51. The van der Waals surface area contributed by atoms with Gasteiger partial charge in [-0.3, -0.25) is 14.9 Å². The van der Waals surface area contributed by atoms with Crippen molar-refractivity contribution < 1.29 is 9.72 Å². The van der Waals surface area contributed by atoms with Crippen LogP contribution in [0.1, 0.15) is 36.5 Å². The highest BCUT2D eigenvalue weighted by atomic mass is 35.5. The quantitative estimate of drug-likeness (QED) is 0.596. The maximum Gasteiger partial charge on any atom is 0.324 e. The first-order chi connectivity index (χ1) is 8.58. The van der Waals surface area contributed by atoms with Crippen LogP contribution in [0.3, 0.4) is 0 Å². The minimum Gasteiger partial charge on any atom is -0.348 e. The Kier molecular flexibility index (Phi) is 8.29. The van der Waals surface area contributed by atoms with Crippen molar-refractivity contribution in [3.8, 4) is 0 Å². The topological polar surface area (TPSA) is 98.3 Å². The molecule has 6 nitrogen and oxygen atoms in total. The third kappa shape index (κ3) is 5.54. The van der Waals surface area contributed by atoms with Crippen molar-refractivity contribution in [2.45, 2.75) is 32.2 Å². The number of halogens is 1. The number of amides is 1. The van der Waals surface area contributed by atoms with E-state index < -0.39 is 4.92 Å². The number of unbranched alkanes of at least 4 members (excludes halogenated alkanes) is 1. The zero-order chi connectivity index (χ0) is 13.5. The fraction of sp³-hybridized carbons (Fsp3) is 0.545. The summed E-state index contributed by atoms with van der Waals surface area (Å²) in [5, 5.41) is 14.8. The van der Waals surface area contributed by atoms with Crippen LogP contribution in [0, 0.1) is 10.1 Å². The van der Waals surface area contributed by atoms with Gasteiger partial charge in [0.2, 0.25) is 0 Å². The molecule has 0 bridgehead atoms. The molecule has 1 atom stereocenters. The van der Waals surface area contributed by atoms with Gasteiger partial charge in [-0.15, -0.1) is 12.4 Å². The zero-order valence-electron chi connectivity index (χ0n) is 10.6. The van der Waals surface area contributed by atoms with Gasteiger partial charge in [0.1, 0.15) is 0 Å². The van der Waals surface area contributed by atoms with E-state index in [4.69, 9.17) is 5.73 Å². The number of carbonyl (C=O) groups is 1. The third-order valence-corrected chi connectivity index (χ3v) is 3.43. The van der Waals surface area contributed by atoms with Crippen molar-refractivity contribution in [3.05, 3.63) is 27.1 Å². The molecule has 1 aromatic heterocycles. The number of nitrogens with two attached hydrogens (primary N) is 1. The summed E-state index contributed by atoms with van der Waals surface area (Å²) >= 11 is 0.947. The summed E-state index contributed by atoms with van der Waals surface area (Å²) in [6.07, 6.45) is 2.85. The molecule has 0 aliphatic carbocycles. The van der Waals surface area contributed by atoms with Gasteiger partial charge in [-0.05, 0) is 6.42 Å². The molecule has 0 aromatic carbocycles. The summed E-state index contributed by atoms with van der Waals surface area (Å²) in [4.78, 5) is 21.9. The maximum absolute atomic E-state index is 11.8. The summed E-state index contributed by atoms with van der Waals surface area (Å²) in [5.41, 5.74) is 5.89. The van der Waals surface area contributed by atoms with Crippen molar-refractivity contribution in [2.75, 3.05) is 6.54 Å². The predicted octanol–water partition coefficient (Wildman–Crippen LogP) is 2.33. The van der Waals surface area contributed by atoms with Gasteiger partial charge < -0.3 is 11.1 Å². The summed E-state index contributed by atoms with van der Waals surface area (Å²) < 4.78 is 0. The Morgan fingerprint density at radius 3 is 2.79 bits per heavy atom. The first kappa shape index (κ1) is 17.8. The van der Waals surface area contributed by atoms with Crippen LogP contribution < -0.4 is 11.1 Å². The molecule has 0 aliphatic rings. The van der Waals surface area contributed by atoms with E-state index in [0.29, 0.717) is 12.1 Å². The molecular formula is C11H18ClN3O3S. The number of thiophene rings is 1. The molecule has 0 spiro atoms. The molecule has 0 fully saturated rings. The lowest BCUT2D eigenvalue weighted by atomic mass is 10.1. The van der Waals surface area contributed by atoms with Crippen LogP contribution >= 0.6 is 23.7 Å². The second-order valence-corrected chi connectivity index (χ2v) is 4.87. The van der Waals surface area contributed by atoms with Crippen LogP contribution in [0.15, 0.2) is 11.4 Å². The predicted molar refractivity (Wildman–Crippen MR) is 78.1 cm³/mol. The van der Waals surface area contributed by atoms with Gasteiger partial charge in [-0.1, -0.05) is 31.1 Å². The Balaban J connectivity index is 0.00000324. The van der Waals surface area contributed by atoms with E-state index in [9.17, 15) is 14.9 Å². The van der Waals surface area contributed by atoms with Crippen molar-refractivity contribution in [2.24, 2.45) is 5.73 Å². The number of hydrogen-bond donors (Lipinski definition) is 2. The van der Waals surface area contributed by atoms with Crippen LogP contribution in [0.5, 0.6) is 0 Å². The molecule has 1 heterocycles. The average molecular weight is 308 g/mol. The van der Waals surface area contributed by atoms with Crippen molar-refractivity contribution in [3.63, 3.8) is 0 Å². The monoisotopic (exact) mass is 307 g/mol. The third-order valence-electron chi connectivity index (χ3n) is 2.55. The van der Waals surface area contributed by atoms with Gasteiger partial charge >= 0.3 is 5.00 Å². The lowest BCUT2D eigenvalue weighted by molar-refractivity contribution is -0.380. The lowest BCUT2D eigenvalue weighted by Crippen LogP contribution is -2.40. The van der Waals surface area contributed by atoms with Crippen LogP contribution in [-0.2, 0) is 0 Å². The van der Waals surface area contributed by atoms with Crippen molar-refractivity contribution in [1.82, 2.24) is 5.32 Å². The second-order valence-electron chi connectivity index (χ2n) is 3.98. The molecule has 0 aliphatic heterocycles. The van der Waals surface area contributed by atoms with Gasteiger partial charge in [-0.25, -0.2) is 0 Å². The van der Waals surface area contributed by atoms with E-state index in [-0.39, 0.29) is 29.4 Å². The fourth-order valence-corrected chi connectivity index (χ4v) is 2.21. The van der Waals surface area contributed by atoms with Crippen LogP contribution in [0.4, 0.5) is 5.00 Å². The Labute approximate surface area is 121 Å². The Bertz CT molecular complexity index is 425. The van der Waals surface area contributed by atoms with Crippen molar-refractivity contribution >= 4 is 34.7 Å². The molecule has 0 saturated heterocycles. The molecule has 1 unspecified atom stereocenters. The summed E-state index contributed by atoms with van der Waals surface area (Å²) in [5.74, 6) is -0.300. The largest absolute Gasteiger partial charge is 0.348 e. The van der Waals surface area contributed by atoms with Gasteiger partial charge in [0.05, 0.1) is 10.5 Å². The smallest absolute Gasteiger partial charge is 0.324 e. The minimum absolute atomic E-state index is 0. The molecule has 0 radical (unpaired) electrons. The molecule has 1 rings (SSSR count). The van der Waals surface area contributed by atoms with Crippen LogP contribution in [-0.4, -0.2) is 23.4 Å². The maximum atomic E-state index is 11.8.